The van der Waals surface area contributed by atoms with Crippen LogP contribution in [0.25, 0.3) is 0 Å². The number of aromatic nitrogens is 1. The maximum atomic E-state index is 12.3. The molecule has 0 bridgehead atoms. The Morgan fingerprint density at radius 3 is 3.00 bits per heavy atom. The molecular weight excluding hydrogens is 306 g/mol. The third-order valence-corrected chi connectivity index (χ3v) is 6.35. The molecule has 0 amide bonds. The molecule has 0 saturated carbocycles. The molecule has 1 aliphatic rings. The van der Waals surface area contributed by atoms with E-state index in [-0.39, 0.29) is 0 Å². The van der Waals surface area contributed by atoms with Gasteiger partial charge in [0.05, 0.1) is 4.90 Å². The largest absolute Gasteiger partial charge is 0.363 e. The Bertz CT molecular complexity index is 522. The second-order valence-corrected chi connectivity index (χ2v) is 8.55. The molecule has 0 spiro atoms. The van der Waals surface area contributed by atoms with Crippen LogP contribution < -0.4 is 10.0 Å². The second-order valence-electron chi connectivity index (χ2n) is 5.38. The van der Waals surface area contributed by atoms with Crippen LogP contribution in [0.3, 0.4) is 0 Å². The van der Waals surface area contributed by atoms with Crippen LogP contribution in [0.5, 0.6) is 0 Å². The number of hydrogen-bond donors (Lipinski definition) is 3. The SMILES string of the molecule is CCCNCc1cc(S(=O)(=O)NCC2CCCCS2)c[nH]1. The van der Waals surface area contributed by atoms with Crippen molar-refractivity contribution in [2.24, 2.45) is 0 Å². The predicted octanol–water partition coefficient (Wildman–Crippen LogP) is 2.08. The number of rotatable bonds is 8. The number of thioether (sulfide) groups is 1. The van der Waals surface area contributed by atoms with Gasteiger partial charge in [-0.1, -0.05) is 13.3 Å². The van der Waals surface area contributed by atoms with E-state index in [0.29, 0.717) is 23.2 Å². The number of aromatic amines is 1. The molecule has 2 rings (SSSR count). The Morgan fingerprint density at radius 1 is 1.43 bits per heavy atom. The summed E-state index contributed by atoms with van der Waals surface area (Å²) < 4.78 is 27.3. The lowest BCUT2D eigenvalue weighted by molar-refractivity contribution is 0.574. The molecule has 0 aliphatic carbocycles. The first-order valence-electron chi connectivity index (χ1n) is 7.61. The summed E-state index contributed by atoms with van der Waals surface area (Å²) in [6.07, 6.45) is 6.19. The molecule has 0 aromatic carbocycles. The maximum Gasteiger partial charge on any atom is 0.242 e. The fourth-order valence-electron chi connectivity index (χ4n) is 2.33. The fraction of sp³-hybridized carbons (Fsp3) is 0.714. The summed E-state index contributed by atoms with van der Waals surface area (Å²) >= 11 is 1.87. The highest BCUT2D eigenvalue weighted by molar-refractivity contribution is 8.00. The van der Waals surface area contributed by atoms with E-state index in [0.717, 1.165) is 30.8 Å². The molecule has 1 unspecified atom stereocenters. The van der Waals surface area contributed by atoms with Crippen molar-refractivity contribution in [1.29, 1.82) is 0 Å². The highest BCUT2D eigenvalue weighted by atomic mass is 32.2. The quantitative estimate of drug-likeness (QED) is 0.638. The van der Waals surface area contributed by atoms with Crippen LogP contribution >= 0.6 is 11.8 Å². The Hall–Kier alpha value is -0.500. The van der Waals surface area contributed by atoms with Gasteiger partial charge in [-0.15, -0.1) is 0 Å². The van der Waals surface area contributed by atoms with E-state index < -0.39 is 10.0 Å². The molecule has 1 aromatic rings. The Kier molecular flexibility index (Phi) is 6.60. The van der Waals surface area contributed by atoms with E-state index in [2.05, 4.69) is 21.9 Å². The molecule has 1 aliphatic heterocycles. The first-order valence-corrected chi connectivity index (χ1v) is 10.1. The van der Waals surface area contributed by atoms with Gasteiger partial charge in [-0.25, -0.2) is 13.1 Å². The average molecular weight is 332 g/mol. The Morgan fingerprint density at radius 2 is 2.29 bits per heavy atom. The van der Waals surface area contributed by atoms with Crippen LogP contribution in [0, 0.1) is 0 Å². The number of hydrogen-bond acceptors (Lipinski definition) is 4. The summed E-state index contributed by atoms with van der Waals surface area (Å²) in [7, 11) is -3.39. The van der Waals surface area contributed by atoms with Crippen molar-refractivity contribution >= 4 is 21.8 Å². The van der Waals surface area contributed by atoms with E-state index in [4.69, 9.17) is 0 Å². The van der Waals surface area contributed by atoms with E-state index in [1.165, 1.54) is 12.8 Å². The maximum absolute atomic E-state index is 12.3. The minimum absolute atomic E-state index is 0.330. The smallest absolute Gasteiger partial charge is 0.242 e. The van der Waals surface area contributed by atoms with E-state index >= 15 is 0 Å². The van der Waals surface area contributed by atoms with Gasteiger partial charge in [-0.2, -0.15) is 11.8 Å². The highest BCUT2D eigenvalue weighted by Gasteiger charge is 2.20. The molecule has 0 radical (unpaired) electrons. The van der Waals surface area contributed by atoms with Crippen LogP contribution in [-0.4, -0.2) is 37.5 Å². The van der Waals surface area contributed by atoms with Crippen molar-refractivity contribution in [3.63, 3.8) is 0 Å². The monoisotopic (exact) mass is 331 g/mol. The molecule has 1 saturated heterocycles. The van der Waals surface area contributed by atoms with Crippen LogP contribution in [0.15, 0.2) is 17.2 Å². The zero-order valence-electron chi connectivity index (χ0n) is 12.5. The molecule has 2 heterocycles. The first-order chi connectivity index (χ1) is 10.1. The molecule has 3 N–H and O–H groups in total. The third kappa shape index (κ3) is 5.32. The van der Waals surface area contributed by atoms with Crippen molar-refractivity contribution in [3.05, 3.63) is 18.0 Å². The van der Waals surface area contributed by atoms with Gasteiger partial charge < -0.3 is 10.3 Å². The van der Waals surface area contributed by atoms with Gasteiger partial charge >= 0.3 is 0 Å². The summed E-state index contributed by atoms with van der Waals surface area (Å²) in [4.78, 5) is 3.35. The van der Waals surface area contributed by atoms with E-state index in [1.54, 1.807) is 12.3 Å². The fourth-order valence-corrected chi connectivity index (χ4v) is 4.77. The second kappa shape index (κ2) is 8.22. The topological polar surface area (TPSA) is 74.0 Å². The molecule has 1 fully saturated rings. The number of nitrogens with one attached hydrogen (secondary N) is 3. The number of sulfonamides is 1. The van der Waals surface area contributed by atoms with Gasteiger partial charge in [0, 0.05) is 30.2 Å². The minimum Gasteiger partial charge on any atom is -0.363 e. The van der Waals surface area contributed by atoms with Crippen LogP contribution in [0.4, 0.5) is 0 Å². The van der Waals surface area contributed by atoms with Gasteiger partial charge in [0.2, 0.25) is 10.0 Å². The average Bonchev–Trinajstić information content (AvgIpc) is 2.96. The predicted molar refractivity (Wildman–Crippen MR) is 88.1 cm³/mol. The molecule has 1 atom stereocenters. The summed E-state index contributed by atoms with van der Waals surface area (Å²) in [5.74, 6) is 1.14. The zero-order chi connectivity index (χ0) is 15.1. The zero-order valence-corrected chi connectivity index (χ0v) is 14.2. The lowest BCUT2D eigenvalue weighted by Gasteiger charge is -2.21. The van der Waals surface area contributed by atoms with Crippen molar-refractivity contribution in [2.75, 3.05) is 18.8 Å². The van der Waals surface area contributed by atoms with Gasteiger partial charge in [0.15, 0.2) is 0 Å². The van der Waals surface area contributed by atoms with Crippen LogP contribution in [-0.2, 0) is 16.6 Å². The highest BCUT2D eigenvalue weighted by Crippen LogP contribution is 2.24. The standard InChI is InChI=1S/C14H25N3O2S2/c1-2-6-15-9-12-8-14(11-16-12)21(18,19)17-10-13-5-3-4-7-20-13/h8,11,13,15-17H,2-7,9-10H2,1H3. The van der Waals surface area contributed by atoms with Crippen LogP contribution in [0.2, 0.25) is 0 Å². The van der Waals surface area contributed by atoms with Gasteiger partial charge in [0.1, 0.15) is 0 Å². The summed E-state index contributed by atoms with van der Waals surface area (Å²) in [5, 5.41) is 3.66. The normalized spacial score (nSPS) is 19.8. The summed E-state index contributed by atoms with van der Waals surface area (Å²) in [6, 6.07) is 1.71. The molecule has 1 aromatic heterocycles. The molecule has 21 heavy (non-hydrogen) atoms. The van der Waals surface area contributed by atoms with E-state index in [9.17, 15) is 8.42 Å². The molecule has 7 heteroatoms. The van der Waals surface area contributed by atoms with Crippen LogP contribution in [0.1, 0.15) is 38.3 Å². The summed E-state index contributed by atoms with van der Waals surface area (Å²) in [6.45, 7) is 4.23. The van der Waals surface area contributed by atoms with E-state index in [1.807, 2.05) is 11.8 Å². The lowest BCUT2D eigenvalue weighted by atomic mass is 10.2. The Labute approximate surface area is 131 Å². The lowest BCUT2D eigenvalue weighted by Crippen LogP contribution is -2.31. The molecular formula is C14H25N3O2S2. The minimum atomic E-state index is -3.39. The summed E-state index contributed by atoms with van der Waals surface area (Å²) in [5.41, 5.74) is 0.899. The van der Waals surface area contributed by atoms with Crippen molar-refractivity contribution in [3.8, 4) is 0 Å². The molecule has 120 valence electrons. The van der Waals surface area contributed by atoms with Gasteiger partial charge in [-0.3, -0.25) is 0 Å². The Balaban J connectivity index is 1.86. The third-order valence-electron chi connectivity index (χ3n) is 3.54. The van der Waals surface area contributed by atoms with Gasteiger partial charge in [-0.05, 0) is 37.6 Å². The van der Waals surface area contributed by atoms with Gasteiger partial charge in [0.25, 0.3) is 0 Å². The van der Waals surface area contributed by atoms with Crippen molar-refractivity contribution in [2.45, 2.75) is 49.3 Å². The van der Waals surface area contributed by atoms with Crippen molar-refractivity contribution < 1.29 is 8.42 Å². The van der Waals surface area contributed by atoms with Crippen molar-refractivity contribution in [1.82, 2.24) is 15.0 Å². The first kappa shape index (κ1) is 16.9. The molecule has 5 nitrogen and oxygen atoms in total. The number of H-pyrrole nitrogens is 1.